The molecule has 0 bridgehead atoms. The number of primary amides is 1. The van der Waals surface area contributed by atoms with Crippen molar-refractivity contribution < 1.29 is 9.59 Å². The molecule has 0 saturated carbocycles. The van der Waals surface area contributed by atoms with Gasteiger partial charge in [-0.15, -0.1) is 0 Å². The molecule has 19 heavy (non-hydrogen) atoms. The minimum Gasteiger partial charge on any atom is -0.368 e. The minimum atomic E-state index is -0.538. The Kier molecular flexibility index (Phi) is 5.32. The van der Waals surface area contributed by atoms with Crippen LogP contribution >= 0.6 is 0 Å². The molecule has 5 N–H and O–H groups in total. The normalized spacial score (nSPS) is 11.7. The minimum absolute atomic E-state index is 0.0493. The average Bonchev–Trinajstić information content (AvgIpc) is 2.36. The molecule has 1 unspecified atom stereocenters. The number of nitrogens with two attached hydrogens (primary N) is 2. The van der Waals surface area contributed by atoms with Gasteiger partial charge in [0, 0.05) is 18.3 Å². The molecule has 0 spiro atoms. The maximum absolute atomic E-state index is 11.9. The second-order valence-electron chi connectivity index (χ2n) is 4.32. The average molecular weight is 264 g/mol. The number of carbonyl (C=O) groups is 2. The van der Waals surface area contributed by atoms with Crippen LogP contribution in [0.3, 0.4) is 0 Å². The van der Waals surface area contributed by atoms with Crippen molar-refractivity contribution in [1.82, 2.24) is 4.90 Å². The molecule has 0 aliphatic rings. The standard InChI is InChI=1S/C13H20N4O2/c1-3-17(8-12(15)18)13(19)16-11-6-4-10(5-7-11)9(2)14/h4-7,9H,3,8,14H2,1-2H3,(H2,15,18)(H,16,19). The highest BCUT2D eigenvalue weighted by molar-refractivity contribution is 5.92. The third-order valence-electron chi connectivity index (χ3n) is 2.70. The van der Waals surface area contributed by atoms with Crippen molar-refractivity contribution >= 4 is 17.6 Å². The smallest absolute Gasteiger partial charge is 0.322 e. The number of amides is 3. The van der Waals surface area contributed by atoms with Crippen LogP contribution in [-0.2, 0) is 4.79 Å². The fraction of sp³-hybridized carbons (Fsp3) is 0.385. The van der Waals surface area contributed by atoms with Crippen molar-refractivity contribution in [2.75, 3.05) is 18.4 Å². The van der Waals surface area contributed by atoms with E-state index in [-0.39, 0.29) is 18.6 Å². The zero-order chi connectivity index (χ0) is 14.4. The number of anilines is 1. The van der Waals surface area contributed by atoms with Crippen LogP contribution < -0.4 is 16.8 Å². The van der Waals surface area contributed by atoms with Crippen LogP contribution in [-0.4, -0.2) is 29.9 Å². The Morgan fingerprint density at radius 3 is 2.32 bits per heavy atom. The number of nitrogens with zero attached hydrogens (tertiary/aromatic N) is 1. The number of likely N-dealkylation sites (N-methyl/N-ethyl adjacent to an activating group) is 1. The maximum atomic E-state index is 11.9. The van der Waals surface area contributed by atoms with Gasteiger partial charge in [0.2, 0.25) is 5.91 Å². The molecule has 6 nitrogen and oxygen atoms in total. The van der Waals surface area contributed by atoms with E-state index in [0.717, 1.165) is 5.56 Å². The van der Waals surface area contributed by atoms with Crippen molar-refractivity contribution in [2.45, 2.75) is 19.9 Å². The largest absolute Gasteiger partial charge is 0.368 e. The van der Waals surface area contributed by atoms with E-state index >= 15 is 0 Å². The second-order valence-corrected chi connectivity index (χ2v) is 4.32. The molecular formula is C13H20N4O2. The summed E-state index contributed by atoms with van der Waals surface area (Å²) in [4.78, 5) is 24.0. The first kappa shape index (κ1) is 15.0. The number of benzene rings is 1. The van der Waals surface area contributed by atoms with Gasteiger partial charge in [-0.05, 0) is 31.5 Å². The van der Waals surface area contributed by atoms with Crippen molar-refractivity contribution in [1.29, 1.82) is 0 Å². The van der Waals surface area contributed by atoms with Crippen LogP contribution in [0.2, 0.25) is 0 Å². The first-order valence-corrected chi connectivity index (χ1v) is 6.13. The van der Waals surface area contributed by atoms with Gasteiger partial charge in [-0.1, -0.05) is 12.1 Å². The molecule has 0 saturated heterocycles. The summed E-state index contributed by atoms with van der Waals surface area (Å²) in [7, 11) is 0. The van der Waals surface area contributed by atoms with Gasteiger partial charge in [-0.2, -0.15) is 0 Å². The quantitative estimate of drug-likeness (QED) is 0.740. The summed E-state index contributed by atoms with van der Waals surface area (Å²) in [5.41, 5.74) is 12.5. The molecule has 0 aromatic heterocycles. The van der Waals surface area contributed by atoms with E-state index in [4.69, 9.17) is 11.5 Å². The van der Waals surface area contributed by atoms with E-state index in [1.165, 1.54) is 4.90 Å². The van der Waals surface area contributed by atoms with Crippen molar-refractivity contribution in [3.05, 3.63) is 29.8 Å². The molecule has 1 aromatic rings. The molecule has 3 amide bonds. The van der Waals surface area contributed by atoms with Crippen molar-refractivity contribution in [2.24, 2.45) is 11.5 Å². The molecule has 0 aliphatic carbocycles. The van der Waals surface area contributed by atoms with Crippen LogP contribution in [0.1, 0.15) is 25.5 Å². The van der Waals surface area contributed by atoms with Gasteiger partial charge in [0.25, 0.3) is 0 Å². The number of rotatable bonds is 5. The van der Waals surface area contributed by atoms with E-state index in [2.05, 4.69) is 5.32 Å². The highest BCUT2D eigenvalue weighted by Gasteiger charge is 2.13. The molecule has 6 heteroatoms. The van der Waals surface area contributed by atoms with E-state index in [9.17, 15) is 9.59 Å². The predicted octanol–water partition coefficient (Wildman–Crippen LogP) is 1.05. The van der Waals surface area contributed by atoms with Crippen LogP contribution in [0.15, 0.2) is 24.3 Å². The Balaban J connectivity index is 2.67. The summed E-state index contributed by atoms with van der Waals surface area (Å²) in [6.07, 6.45) is 0. The van der Waals surface area contributed by atoms with Gasteiger partial charge in [-0.3, -0.25) is 4.79 Å². The van der Waals surface area contributed by atoms with Gasteiger partial charge in [-0.25, -0.2) is 4.79 Å². The predicted molar refractivity (Wildman–Crippen MR) is 74.5 cm³/mol. The lowest BCUT2D eigenvalue weighted by molar-refractivity contribution is -0.118. The van der Waals surface area contributed by atoms with Crippen LogP contribution in [0, 0.1) is 0 Å². The third-order valence-corrected chi connectivity index (χ3v) is 2.70. The lowest BCUT2D eigenvalue weighted by Crippen LogP contribution is -2.40. The second kappa shape index (κ2) is 6.75. The Bertz CT molecular complexity index is 442. The van der Waals surface area contributed by atoms with E-state index in [1.807, 2.05) is 19.1 Å². The molecule has 1 atom stereocenters. The lowest BCUT2D eigenvalue weighted by Gasteiger charge is -2.19. The van der Waals surface area contributed by atoms with E-state index < -0.39 is 5.91 Å². The molecule has 0 aliphatic heterocycles. The summed E-state index contributed by atoms with van der Waals surface area (Å²) in [6.45, 7) is 3.98. The Morgan fingerprint density at radius 2 is 1.89 bits per heavy atom. The molecule has 104 valence electrons. The van der Waals surface area contributed by atoms with Crippen LogP contribution in [0.4, 0.5) is 10.5 Å². The number of carbonyl (C=O) groups excluding carboxylic acids is 2. The van der Waals surface area contributed by atoms with Crippen LogP contribution in [0.5, 0.6) is 0 Å². The SMILES string of the molecule is CCN(CC(N)=O)C(=O)Nc1ccc(C(C)N)cc1. The Hall–Kier alpha value is -2.08. The van der Waals surface area contributed by atoms with Gasteiger partial charge in [0.15, 0.2) is 0 Å². The molecule has 1 aromatic carbocycles. The number of hydrogen-bond donors (Lipinski definition) is 3. The van der Waals surface area contributed by atoms with Crippen LogP contribution in [0.25, 0.3) is 0 Å². The lowest BCUT2D eigenvalue weighted by atomic mass is 10.1. The Labute approximate surface area is 112 Å². The zero-order valence-electron chi connectivity index (χ0n) is 11.2. The molecule has 1 rings (SSSR count). The summed E-state index contributed by atoms with van der Waals surface area (Å²) in [6, 6.07) is 6.85. The summed E-state index contributed by atoms with van der Waals surface area (Å²) >= 11 is 0. The first-order chi connectivity index (χ1) is 8.93. The third kappa shape index (κ3) is 4.59. The van der Waals surface area contributed by atoms with Gasteiger partial charge in [0.1, 0.15) is 6.54 Å². The highest BCUT2D eigenvalue weighted by atomic mass is 16.2. The number of nitrogens with one attached hydrogen (secondary N) is 1. The topological polar surface area (TPSA) is 101 Å². The first-order valence-electron chi connectivity index (χ1n) is 6.13. The monoisotopic (exact) mass is 264 g/mol. The summed E-state index contributed by atoms with van der Waals surface area (Å²) in [5, 5.41) is 2.70. The molecule has 0 heterocycles. The van der Waals surface area contributed by atoms with Gasteiger partial charge < -0.3 is 21.7 Å². The van der Waals surface area contributed by atoms with Crippen molar-refractivity contribution in [3.63, 3.8) is 0 Å². The number of hydrogen-bond acceptors (Lipinski definition) is 3. The van der Waals surface area contributed by atoms with E-state index in [1.54, 1.807) is 19.1 Å². The fourth-order valence-corrected chi connectivity index (χ4v) is 1.59. The van der Waals surface area contributed by atoms with Gasteiger partial charge in [0.05, 0.1) is 0 Å². The van der Waals surface area contributed by atoms with E-state index in [0.29, 0.717) is 12.2 Å². The Morgan fingerprint density at radius 1 is 1.32 bits per heavy atom. The van der Waals surface area contributed by atoms with Gasteiger partial charge >= 0.3 is 6.03 Å². The molecule has 0 fully saturated rings. The highest BCUT2D eigenvalue weighted by Crippen LogP contribution is 2.14. The molecular weight excluding hydrogens is 244 g/mol. The fourth-order valence-electron chi connectivity index (χ4n) is 1.59. The number of urea groups is 1. The maximum Gasteiger partial charge on any atom is 0.322 e. The molecule has 0 radical (unpaired) electrons. The summed E-state index contributed by atoms with van der Waals surface area (Å²) < 4.78 is 0. The zero-order valence-corrected chi connectivity index (χ0v) is 11.2. The van der Waals surface area contributed by atoms with Crippen molar-refractivity contribution in [3.8, 4) is 0 Å². The summed E-state index contributed by atoms with van der Waals surface area (Å²) in [5.74, 6) is -0.538.